The zero-order chi connectivity index (χ0) is 24.8. The molecule has 6 nitrogen and oxygen atoms in total. The van der Waals surface area contributed by atoms with Crippen LogP contribution in [0.3, 0.4) is 0 Å². The summed E-state index contributed by atoms with van der Waals surface area (Å²) in [4.78, 5) is 39.8. The Morgan fingerprint density at radius 1 is 0.853 bits per heavy atom. The molecule has 0 saturated heterocycles. The Labute approximate surface area is 200 Å². The molecule has 0 aromatic heterocycles. The molecule has 0 saturated carbocycles. The fourth-order valence-electron chi connectivity index (χ4n) is 3.47. The Kier molecular flexibility index (Phi) is 7.84. The maximum atomic E-state index is 12.8. The van der Waals surface area contributed by atoms with Crippen molar-refractivity contribution in [2.45, 2.75) is 33.7 Å². The Morgan fingerprint density at radius 2 is 1.47 bits per heavy atom. The number of ether oxygens (including phenoxy) is 1. The lowest BCUT2D eigenvalue weighted by Gasteiger charge is -2.22. The number of hydrogen-bond acceptors (Lipinski definition) is 4. The lowest BCUT2D eigenvalue weighted by Crippen LogP contribution is -2.46. The van der Waals surface area contributed by atoms with Gasteiger partial charge in [-0.15, -0.1) is 0 Å². The summed E-state index contributed by atoms with van der Waals surface area (Å²) in [6.45, 7) is 7.51. The average Bonchev–Trinajstić information content (AvgIpc) is 2.82. The SMILES string of the molecule is Cc1ccc(C(=O)N(C)c2ccc(OC(=O)[C@@H](NC(=O)c3ccccc3C)C(C)C)cc2)cc1. The number of anilines is 1. The molecule has 176 valence electrons. The molecule has 3 rings (SSSR count). The lowest BCUT2D eigenvalue weighted by atomic mass is 10.0. The number of nitrogens with one attached hydrogen (secondary N) is 1. The molecule has 0 heterocycles. The van der Waals surface area contributed by atoms with Gasteiger partial charge in [-0.3, -0.25) is 9.59 Å². The van der Waals surface area contributed by atoms with Crippen LogP contribution in [0.15, 0.2) is 72.8 Å². The van der Waals surface area contributed by atoms with Crippen LogP contribution in [0.5, 0.6) is 5.75 Å². The topological polar surface area (TPSA) is 75.7 Å². The molecular formula is C28H30N2O4. The summed E-state index contributed by atoms with van der Waals surface area (Å²) in [6.07, 6.45) is 0. The first-order valence-corrected chi connectivity index (χ1v) is 11.2. The zero-order valence-electron chi connectivity index (χ0n) is 20.2. The van der Waals surface area contributed by atoms with E-state index in [1.807, 2.05) is 52.0 Å². The normalized spacial score (nSPS) is 11.6. The molecule has 0 aliphatic rings. The van der Waals surface area contributed by atoms with Crippen LogP contribution >= 0.6 is 0 Å². The van der Waals surface area contributed by atoms with Gasteiger partial charge in [0.1, 0.15) is 11.8 Å². The van der Waals surface area contributed by atoms with Crippen LogP contribution in [0, 0.1) is 19.8 Å². The Bertz CT molecular complexity index is 1170. The van der Waals surface area contributed by atoms with Gasteiger partial charge in [0.2, 0.25) is 0 Å². The van der Waals surface area contributed by atoms with Gasteiger partial charge in [-0.2, -0.15) is 0 Å². The van der Waals surface area contributed by atoms with E-state index in [9.17, 15) is 14.4 Å². The van der Waals surface area contributed by atoms with Gasteiger partial charge in [-0.05, 0) is 67.8 Å². The van der Waals surface area contributed by atoms with E-state index in [4.69, 9.17) is 4.74 Å². The third-order valence-electron chi connectivity index (χ3n) is 5.64. The highest BCUT2D eigenvalue weighted by Gasteiger charge is 2.27. The maximum Gasteiger partial charge on any atom is 0.334 e. The number of carbonyl (C=O) groups excluding carboxylic acids is 3. The van der Waals surface area contributed by atoms with Gasteiger partial charge in [0.25, 0.3) is 11.8 Å². The highest BCUT2D eigenvalue weighted by Crippen LogP contribution is 2.21. The van der Waals surface area contributed by atoms with Crippen LogP contribution in [-0.4, -0.2) is 30.9 Å². The van der Waals surface area contributed by atoms with Crippen molar-refractivity contribution in [3.05, 3.63) is 95.1 Å². The third-order valence-corrected chi connectivity index (χ3v) is 5.64. The molecular weight excluding hydrogens is 428 g/mol. The fraction of sp³-hybridized carbons (Fsp3) is 0.250. The zero-order valence-corrected chi connectivity index (χ0v) is 20.2. The summed E-state index contributed by atoms with van der Waals surface area (Å²) in [5.41, 5.74) is 3.69. The summed E-state index contributed by atoms with van der Waals surface area (Å²) < 4.78 is 5.54. The Morgan fingerprint density at radius 3 is 2.06 bits per heavy atom. The van der Waals surface area contributed by atoms with Gasteiger partial charge < -0.3 is 15.0 Å². The molecule has 2 amide bonds. The molecule has 3 aromatic carbocycles. The summed E-state index contributed by atoms with van der Waals surface area (Å²) in [5.74, 6) is -0.837. The Hall–Kier alpha value is -3.93. The number of amides is 2. The van der Waals surface area contributed by atoms with Gasteiger partial charge in [0, 0.05) is 23.9 Å². The number of benzene rings is 3. The fourth-order valence-corrected chi connectivity index (χ4v) is 3.47. The molecule has 0 fully saturated rings. The largest absolute Gasteiger partial charge is 0.425 e. The van der Waals surface area contributed by atoms with Gasteiger partial charge in [0.15, 0.2) is 0 Å². The Balaban J connectivity index is 1.67. The minimum atomic E-state index is -0.808. The van der Waals surface area contributed by atoms with Crippen molar-refractivity contribution in [2.24, 2.45) is 5.92 Å². The number of rotatable bonds is 7. The van der Waals surface area contributed by atoms with Crippen molar-refractivity contribution >= 4 is 23.5 Å². The van der Waals surface area contributed by atoms with Crippen molar-refractivity contribution < 1.29 is 19.1 Å². The van der Waals surface area contributed by atoms with Crippen LogP contribution in [-0.2, 0) is 4.79 Å². The van der Waals surface area contributed by atoms with E-state index in [0.29, 0.717) is 22.6 Å². The first kappa shape index (κ1) is 24.7. The molecule has 6 heteroatoms. The molecule has 0 radical (unpaired) electrons. The number of carbonyl (C=O) groups is 3. The van der Waals surface area contributed by atoms with Gasteiger partial charge in [-0.25, -0.2) is 4.79 Å². The first-order valence-electron chi connectivity index (χ1n) is 11.2. The number of nitrogens with zero attached hydrogens (tertiary/aromatic N) is 1. The summed E-state index contributed by atoms with van der Waals surface area (Å²) in [5, 5.41) is 2.79. The van der Waals surface area contributed by atoms with Crippen molar-refractivity contribution in [2.75, 3.05) is 11.9 Å². The predicted molar refractivity (Wildman–Crippen MR) is 133 cm³/mol. The number of esters is 1. The molecule has 1 N–H and O–H groups in total. The average molecular weight is 459 g/mol. The summed E-state index contributed by atoms with van der Waals surface area (Å²) in [7, 11) is 1.69. The van der Waals surface area contributed by atoms with E-state index < -0.39 is 12.0 Å². The van der Waals surface area contributed by atoms with Crippen LogP contribution in [0.25, 0.3) is 0 Å². The molecule has 0 unspecified atom stereocenters. The number of hydrogen-bond donors (Lipinski definition) is 1. The molecule has 1 atom stereocenters. The third kappa shape index (κ3) is 5.90. The molecule has 0 spiro atoms. The van der Waals surface area contributed by atoms with Crippen molar-refractivity contribution in [1.29, 1.82) is 0 Å². The van der Waals surface area contributed by atoms with E-state index in [0.717, 1.165) is 11.1 Å². The minimum Gasteiger partial charge on any atom is -0.425 e. The van der Waals surface area contributed by atoms with E-state index in [1.165, 1.54) is 4.90 Å². The molecule has 3 aromatic rings. The molecule has 0 aliphatic carbocycles. The van der Waals surface area contributed by atoms with Crippen LogP contribution in [0.4, 0.5) is 5.69 Å². The van der Waals surface area contributed by atoms with Crippen LogP contribution < -0.4 is 15.0 Å². The van der Waals surface area contributed by atoms with Gasteiger partial charge >= 0.3 is 5.97 Å². The second kappa shape index (κ2) is 10.8. The molecule has 0 bridgehead atoms. The lowest BCUT2D eigenvalue weighted by molar-refractivity contribution is -0.137. The van der Waals surface area contributed by atoms with Gasteiger partial charge in [-0.1, -0.05) is 49.7 Å². The summed E-state index contributed by atoms with van der Waals surface area (Å²) >= 11 is 0. The summed E-state index contributed by atoms with van der Waals surface area (Å²) in [6, 6.07) is 20.5. The second-order valence-electron chi connectivity index (χ2n) is 8.66. The monoisotopic (exact) mass is 458 g/mol. The van der Waals surface area contributed by atoms with Crippen molar-refractivity contribution in [1.82, 2.24) is 5.32 Å². The van der Waals surface area contributed by atoms with E-state index in [1.54, 1.807) is 55.6 Å². The molecule has 34 heavy (non-hydrogen) atoms. The smallest absolute Gasteiger partial charge is 0.334 e. The first-order chi connectivity index (χ1) is 16.2. The number of aryl methyl sites for hydroxylation is 2. The minimum absolute atomic E-state index is 0.136. The maximum absolute atomic E-state index is 12.8. The van der Waals surface area contributed by atoms with Crippen molar-refractivity contribution in [3.63, 3.8) is 0 Å². The van der Waals surface area contributed by atoms with Crippen LogP contribution in [0.1, 0.15) is 45.7 Å². The molecule has 0 aliphatic heterocycles. The van der Waals surface area contributed by atoms with E-state index >= 15 is 0 Å². The highest BCUT2D eigenvalue weighted by molar-refractivity contribution is 6.05. The quantitative estimate of drug-likeness (QED) is 0.402. The highest BCUT2D eigenvalue weighted by atomic mass is 16.5. The van der Waals surface area contributed by atoms with Crippen molar-refractivity contribution in [3.8, 4) is 5.75 Å². The standard InChI is InChI=1S/C28H30N2O4/c1-18(2)25(29-26(31)24-9-7-6-8-20(24)4)28(33)34-23-16-14-22(15-17-23)30(5)27(32)21-12-10-19(3)11-13-21/h6-18,25H,1-5H3,(H,29,31)/t25-/m0/s1. The van der Waals surface area contributed by atoms with E-state index in [-0.39, 0.29) is 17.7 Å². The predicted octanol–water partition coefficient (Wildman–Crippen LogP) is 4.94. The van der Waals surface area contributed by atoms with Crippen LogP contribution in [0.2, 0.25) is 0 Å². The van der Waals surface area contributed by atoms with Gasteiger partial charge in [0.05, 0.1) is 0 Å². The second-order valence-corrected chi connectivity index (χ2v) is 8.66. The van der Waals surface area contributed by atoms with E-state index in [2.05, 4.69) is 5.32 Å².